The van der Waals surface area contributed by atoms with E-state index in [0.717, 1.165) is 11.1 Å². The van der Waals surface area contributed by atoms with Crippen molar-refractivity contribution in [2.45, 2.75) is 13.8 Å². The van der Waals surface area contributed by atoms with E-state index in [1.165, 1.54) is 0 Å². The molecule has 0 heterocycles. The van der Waals surface area contributed by atoms with Crippen LogP contribution in [-0.4, -0.2) is 17.7 Å². The van der Waals surface area contributed by atoms with Crippen molar-refractivity contribution in [2.75, 3.05) is 12.3 Å². The Bertz CT molecular complexity index is 337. The first kappa shape index (κ1) is 10.4. The fourth-order valence-electron chi connectivity index (χ4n) is 1.32. The number of aliphatic carboxylic acids is 1. The van der Waals surface area contributed by atoms with E-state index in [4.69, 9.17) is 15.6 Å². The van der Waals surface area contributed by atoms with Crippen LogP contribution in [0.2, 0.25) is 0 Å². The van der Waals surface area contributed by atoms with Gasteiger partial charge < -0.3 is 15.6 Å². The molecule has 0 fully saturated rings. The zero-order valence-corrected chi connectivity index (χ0v) is 8.20. The molecular formula is C10H13NO3. The molecule has 1 aromatic carbocycles. The second kappa shape index (κ2) is 4.00. The van der Waals surface area contributed by atoms with Crippen LogP contribution in [-0.2, 0) is 4.79 Å². The number of ether oxygens (including phenoxy) is 1. The van der Waals surface area contributed by atoms with Crippen molar-refractivity contribution in [1.29, 1.82) is 0 Å². The monoisotopic (exact) mass is 195 g/mol. The number of carboxylic acid groups (broad SMARTS) is 1. The Morgan fingerprint density at radius 3 is 2.64 bits per heavy atom. The van der Waals surface area contributed by atoms with Gasteiger partial charge in [0.05, 0.1) is 5.69 Å². The third-order valence-corrected chi connectivity index (χ3v) is 1.79. The van der Waals surface area contributed by atoms with Crippen LogP contribution in [0.25, 0.3) is 0 Å². The first-order valence-electron chi connectivity index (χ1n) is 4.22. The standard InChI is InChI=1S/C10H13NO3/c1-6-3-7(2)10(8(11)4-6)14-5-9(12)13/h3-4H,5,11H2,1-2H3,(H,12,13). The largest absolute Gasteiger partial charge is 0.479 e. The van der Waals surface area contributed by atoms with Crippen molar-refractivity contribution < 1.29 is 14.6 Å². The molecule has 76 valence electrons. The number of aryl methyl sites for hydroxylation is 2. The molecule has 0 unspecified atom stereocenters. The maximum absolute atomic E-state index is 10.3. The molecule has 0 bridgehead atoms. The molecule has 0 aliphatic carbocycles. The molecule has 3 N–H and O–H groups in total. The smallest absolute Gasteiger partial charge is 0.341 e. The minimum atomic E-state index is -1.01. The van der Waals surface area contributed by atoms with Crippen molar-refractivity contribution in [1.82, 2.24) is 0 Å². The van der Waals surface area contributed by atoms with Crippen LogP contribution in [0.4, 0.5) is 5.69 Å². The number of nitrogens with two attached hydrogens (primary N) is 1. The van der Waals surface area contributed by atoms with E-state index in [2.05, 4.69) is 0 Å². The maximum Gasteiger partial charge on any atom is 0.341 e. The van der Waals surface area contributed by atoms with E-state index in [9.17, 15) is 4.79 Å². The Kier molecular flexibility index (Phi) is 2.96. The summed E-state index contributed by atoms with van der Waals surface area (Å²) in [6.07, 6.45) is 0. The predicted octanol–water partition coefficient (Wildman–Crippen LogP) is 1.35. The number of benzene rings is 1. The van der Waals surface area contributed by atoms with Gasteiger partial charge in [-0.2, -0.15) is 0 Å². The van der Waals surface area contributed by atoms with E-state index in [1.54, 1.807) is 6.07 Å². The van der Waals surface area contributed by atoms with Crippen molar-refractivity contribution >= 4 is 11.7 Å². The van der Waals surface area contributed by atoms with Crippen molar-refractivity contribution in [3.05, 3.63) is 23.3 Å². The zero-order chi connectivity index (χ0) is 10.7. The Balaban J connectivity index is 2.91. The molecule has 0 atom stereocenters. The van der Waals surface area contributed by atoms with Gasteiger partial charge in [0.1, 0.15) is 5.75 Å². The molecule has 4 nitrogen and oxygen atoms in total. The molecule has 1 rings (SSSR count). The second-order valence-corrected chi connectivity index (χ2v) is 3.18. The average Bonchev–Trinajstić information content (AvgIpc) is 2.01. The molecule has 0 spiro atoms. The van der Waals surface area contributed by atoms with Gasteiger partial charge in [-0.3, -0.25) is 0 Å². The summed E-state index contributed by atoms with van der Waals surface area (Å²) in [7, 11) is 0. The van der Waals surface area contributed by atoms with Crippen molar-refractivity contribution in [2.24, 2.45) is 0 Å². The SMILES string of the molecule is Cc1cc(C)c(OCC(=O)O)c(N)c1. The number of carbonyl (C=O) groups is 1. The van der Waals surface area contributed by atoms with Gasteiger partial charge in [-0.1, -0.05) is 6.07 Å². The molecule has 0 amide bonds. The lowest BCUT2D eigenvalue weighted by atomic mass is 10.1. The lowest BCUT2D eigenvalue weighted by Gasteiger charge is -2.10. The van der Waals surface area contributed by atoms with Crippen LogP contribution in [0.3, 0.4) is 0 Å². The van der Waals surface area contributed by atoms with Gasteiger partial charge >= 0.3 is 5.97 Å². The van der Waals surface area contributed by atoms with Gasteiger partial charge in [0, 0.05) is 0 Å². The van der Waals surface area contributed by atoms with Crippen molar-refractivity contribution in [3.63, 3.8) is 0 Å². The topological polar surface area (TPSA) is 72.5 Å². The summed E-state index contributed by atoms with van der Waals surface area (Å²) in [6, 6.07) is 3.65. The summed E-state index contributed by atoms with van der Waals surface area (Å²) >= 11 is 0. The van der Waals surface area contributed by atoms with Gasteiger partial charge in [-0.15, -0.1) is 0 Å². The van der Waals surface area contributed by atoms with Crippen LogP contribution in [0.5, 0.6) is 5.75 Å². The van der Waals surface area contributed by atoms with Gasteiger partial charge in [-0.25, -0.2) is 4.79 Å². The summed E-state index contributed by atoms with van der Waals surface area (Å²) in [5, 5.41) is 8.45. The third kappa shape index (κ3) is 2.39. The van der Waals surface area contributed by atoms with Crippen LogP contribution in [0.1, 0.15) is 11.1 Å². The van der Waals surface area contributed by atoms with Crippen LogP contribution >= 0.6 is 0 Å². The van der Waals surface area contributed by atoms with E-state index in [1.807, 2.05) is 19.9 Å². The van der Waals surface area contributed by atoms with Crippen LogP contribution < -0.4 is 10.5 Å². The Labute approximate surface area is 82.3 Å². The molecule has 4 heteroatoms. The van der Waals surface area contributed by atoms with Crippen molar-refractivity contribution in [3.8, 4) is 5.75 Å². The first-order chi connectivity index (χ1) is 6.50. The highest BCUT2D eigenvalue weighted by atomic mass is 16.5. The number of nitrogen functional groups attached to an aromatic ring is 1. The van der Waals surface area contributed by atoms with Gasteiger partial charge in [0.25, 0.3) is 0 Å². The number of hydrogen-bond acceptors (Lipinski definition) is 3. The summed E-state index contributed by atoms with van der Waals surface area (Å²) in [6.45, 7) is 3.39. The van der Waals surface area contributed by atoms with E-state index in [0.29, 0.717) is 11.4 Å². The minimum absolute atomic E-state index is 0.367. The summed E-state index contributed by atoms with van der Waals surface area (Å²) < 4.78 is 5.06. The average molecular weight is 195 g/mol. The summed E-state index contributed by atoms with van der Waals surface area (Å²) in [5.41, 5.74) is 8.05. The summed E-state index contributed by atoms with van der Waals surface area (Å²) in [4.78, 5) is 10.3. The molecule has 0 saturated heterocycles. The fourth-order valence-corrected chi connectivity index (χ4v) is 1.32. The third-order valence-electron chi connectivity index (χ3n) is 1.79. The lowest BCUT2D eigenvalue weighted by molar-refractivity contribution is -0.139. The van der Waals surface area contributed by atoms with E-state index in [-0.39, 0.29) is 6.61 Å². The highest BCUT2D eigenvalue weighted by Crippen LogP contribution is 2.27. The maximum atomic E-state index is 10.3. The normalized spacial score (nSPS) is 9.86. The van der Waals surface area contributed by atoms with Crippen LogP contribution in [0.15, 0.2) is 12.1 Å². The first-order valence-corrected chi connectivity index (χ1v) is 4.22. The second-order valence-electron chi connectivity index (χ2n) is 3.18. The quantitative estimate of drug-likeness (QED) is 0.714. The van der Waals surface area contributed by atoms with E-state index >= 15 is 0 Å². The highest BCUT2D eigenvalue weighted by Gasteiger charge is 2.07. The van der Waals surface area contributed by atoms with Gasteiger partial charge in [-0.05, 0) is 31.0 Å². The zero-order valence-electron chi connectivity index (χ0n) is 8.20. The highest BCUT2D eigenvalue weighted by molar-refractivity contribution is 5.69. The fraction of sp³-hybridized carbons (Fsp3) is 0.300. The number of carboxylic acids is 1. The molecule has 14 heavy (non-hydrogen) atoms. The molecule has 1 aromatic rings. The number of hydrogen-bond donors (Lipinski definition) is 2. The predicted molar refractivity (Wildman–Crippen MR) is 53.5 cm³/mol. The molecule has 0 aliphatic rings. The van der Waals surface area contributed by atoms with Gasteiger partial charge in [0.15, 0.2) is 6.61 Å². The minimum Gasteiger partial charge on any atom is -0.479 e. The Morgan fingerprint density at radius 2 is 2.14 bits per heavy atom. The molecular weight excluding hydrogens is 182 g/mol. The molecule has 0 saturated carbocycles. The van der Waals surface area contributed by atoms with Gasteiger partial charge in [0.2, 0.25) is 0 Å². The number of rotatable bonds is 3. The Morgan fingerprint density at radius 1 is 1.50 bits per heavy atom. The van der Waals surface area contributed by atoms with E-state index < -0.39 is 5.97 Å². The molecule has 0 radical (unpaired) electrons. The molecule has 0 aliphatic heterocycles. The summed E-state index contributed by atoms with van der Waals surface area (Å²) in [5.74, 6) is -0.553. The Hall–Kier alpha value is -1.71. The lowest BCUT2D eigenvalue weighted by Crippen LogP contribution is -2.11. The number of anilines is 1. The molecule has 0 aromatic heterocycles. The van der Waals surface area contributed by atoms with Crippen LogP contribution in [0, 0.1) is 13.8 Å².